The second-order valence-corrected chi connectivity index (χ2v) is 8.38. The minimum atomic E-state index is -3.12. The van der Waals surface area contributed by atoms with Gasteiger partial charge in [0.15, 0.2) is 0 Å². The maximum Gasteiger partial charge on any atom is 0.211 e. The number of rotatable bonds is 3. The van der Waals surface area contributed by atoms with Gasteiger partial charge in [0.1, 0.15) is 0 Å². The van der Waals surface area contributed by atoms with Crippen molar-refractivity contribution in [2.24, 2.45) is 5.92 Å². The summed E-state index contributed by atoms with van der Waals surface area (Å²) in [6, 6.07) is 2.14. The van der Waals surface area contributed by atoms with Gasteiger partial charge >= 0.3 is 0 Å². The Morgan fingerprint density at radius 1 is 1.40 bits per heavy atom. The van der Waals surface area contributed by atoms with Crippen molar-refractivity contribution in [2.45, 2.75) is 12.6 Å². The van der Waals surface area contributed by atoms with Gasteiger partial charge < -0.3 is 4.74 Å². The van der Waals surface area contributed by atoms with Gasteiger partial charge in [-0.15, -0.1) is 0 Å². The van der Waals surface area contributed by atoms with Crippen molar-refractivity contribution in [2.75, 3.05) is 39.0 Å². The molecular weight excluding hydrogens is 296 g/mol. The molecule has 0 aromatic carbocycles. The molecule has 112 valence electrons. The first kappa shape index (κ1) is 14.5. The van der Waals surface area contributed by atoms with Crippen LogP contribution in [-0.2, 0) is 21.3 Å². The lowest BCUT2D eigenvalue weighted by atomic mass is 10.1. The smallest absolute Gasteiger partial charge is 0.211 e. The fourth-order valence-corrected chi connectivity index (χ4v) is 4.55. The van der Waals surface area contributed by atoms with Gasteiger partial charge in [0, 0.05) is 38.6 Å². The minimum Gasteiger partial charge on any atom is -0.375 e. The number of thiophene rings is 1. The van der Waals surface area contributed by atoms with E-state index in [4.69, 9.17) is 4.74 Å². The highest BCUT2D eigenvalue weighted by molar-refractivity contribution is 7.88. The lowest BCUT2D eigenvalue weighted by Gasteiger charge is -2.21. The van der Waals surface area contributed by atoms with E-state index in [2.05, 4.69) is 21.7 Å². The minimum absolute atomic E-state index is 0.167. The summed E-state index contributed by atoms with van der Waals surface area (Å²) in [7, 11) is -3.12. The highest BCUT2D eigenvalue weighted by atomic mass is 32.2. The van der Waals surface area contributed by atoms with Crippen LogP contribution < -0.4 is 0 Å². The zero-order valence-corrected chi connectivity index (χ0v) is 13.2. The van der Waals surface area contributed by atoms with Crippen LogP contribution in [-0.4, -0.2) is 62.8 Å². The first-order valence-corrected chi connectivity index (χ1v) is 9.61. The van der Waals surface area contributed by atoms with Gasteiger partial charge in [0.05, 0.1) is 19.0 Å². The third kappa shape index (κ3) is 3.23. The number of ether oxygens (including phenoxy) is 1. The average molecular weight is 316 g/mol. The molecule has 0 N–H and O–H groups in total. The zero-order chi connectivity index (χ0) is 14.2. The van der Waals surface area contributed by atoms with Crippen LogP contribution in [0.2, 0.25) is 0 Å². The lowest BCUT2D eigenvalue weighted by Crippen LogP contribution is -2.36. The van der Waals surface area contributed by atoms with Gasteiger partial charge in [-0.2, -0.15) is 15.6 Å². The van der Waals surface area contributed by atoms with E-state index in [0.717, 1.165) is 19.6 Å². The van der Waals surface area contributed by atoms with Crippen LogP contribution in [0.4, 0.5) is 0 Å². The number of nitrogens with zero attached hydrogens (tertiary/aromatic N) is 2. The third-order valence-electron chi connectivity index (χ3n) is 4.02. The van der Waals surface area contributed by atoms with Crippen molar-refractivity contribution in [3.63, 3.8) is 0 Å². The Bertz CT molecular complexity index is 544. The van der Waals surface area contributed by atoms with E-state index in [-0.39, 0.29) is 12.0 Å². The van der Waals surface area contributed by atoms with Crippen LogP contribution in [0.25, 0.3) is 0 Å². The Morgan fingerprint density at radius 2 is 2.25 bits per heavy atom. The molecule has 1 aromatic rings. The Kier molecular flexibility index (Phi) is 4.14. The summed E-state index contributed by atoms with van der Waals surface area (Å²) >= 11 is 1.71. The monoisotopic (exact) mass is 316 g/mol. The highest BCUT2D eigenvalue weighted by Crippen LogP contribution is 2.26. The molecule has 0 aliphatic carbocycles. The van der Waals surface area contributed by atoms with Gasteiger partial charge in [0.25, 0.3) is 0 Å². The molecule has 2 aliphatic rings. The number of likely N-dealkylation sites (tertiary alicyclic amines) is 1. The fraction of sp³-hybridized carbons (Fsp3) is 0.692. The second kappa shape index (κ2) is 5.73. The van der Waals surface area contributed by atoms with E-state index in [0.29, 0.717) is 19.7 Å². The van der Waals surface area contributed by atoms with E-state index >= 15 is 0 Å². The van der Waals surface area contributed by atoms with Crippen LogP contribution >= 0.6 is 11.3 Å². The first-order valence-electron chi connectivity index (χ1n) is 6.82. The molecule has 0 amide bonds. The van der Waals surface area contributed by atoms with E-state index in [1.165, 1.54) is 11.8 Å². The molecule has 0 unspecified atom stereocenters. The second-order valence-electron chi connectivity index (χ2n) is 5.62. The molecule has 3 rings (SSSR count). The average Bonchev–Trinajstić information content (AvgIpc) is 2.94. The van der Waals surface area contributed by atoms with Crippen molar-refractivity contribution in [1.29, 1.82) is 0 Å². The Balaban J connectivity index is 1.65. The normalized spacial score (nSPS) is 29.2. The number of hydrogen-bond donors (Lipinski definition) is 0. The molecule has 20 heavy (non-hydrogen) atoms. The molecular formula is C13H20N2O3S2. The van der Waals surface area contributed by atoms with Crippen molar-refractivity contribution < 1.29 is 13.2 Å². The summed E-state index contributed by atoms with van der Waals surface area (Å²) in [5.74, 6) is 0.283. The molecule has 2 atom stereocenters. The number of sulfonamides is 1. The fourth-order valence-electron chi connectivity index (χ4n) is 3.02. The van der Waals surface area contributed by atoms with Crippen molar-refractivity contribution in [3.05, 3.63) is 22.4 Å². The molecule has 0 saturated carbocycles. The number of hydrogen-bond acceptors (Lipinski definition) is 5. The quantitative estimate of drug-likeness (QED) is 0.829. The Hall–Kier alpha value is -0.470. The maximum absolute atomic E-state index is 11.7. The molecule has 5 nitrogen and oxygen atoms in total. The summed E-state index contributed by atoms with van der Waals surface area (Å²) in [6.45, 7) is 4.31. The molecule has 2 saturated heterocycles. The molecule has 2 fully saturated rings. The lowest BCUT2D eigenvalue weighted by molar-refractivity contribution is 0.0518. The molecule has 2 aliphatic heterocycles. The van der Waals surface area contributed by atoms with Gasteiger partial charge in [-0.25, -0.2) is 8.42 Å². The molecule has 0 spiro atoms. The van der Waals surface area contributed by atoms with Crippen molar-refractivity contribution >= 4 is 21.4 Å². The van der Waals surface area contributed by atoms with E-state index in [1.54, 1.807) is 15.6 Å². The molecule has 0 radical (unpaired) electrons. The summed E-state index contributed by atoms with van der Waals surface area (Å²) in [5.41, 5.74) is 1.33. The standard InChI is InChI=1S/C13H20N2O3S2/c1-20(16,17)15-3-4-18-13-9-14(7-12(13)8-15)6-11-2-5-19-10-11/h2,5,10,12-13H,3-4,6-9H2,1H3/t12-,13-/m0/s1. The van der Waals surface area contributed by atoms with Crippen LogP contribution in [0.15, 0.2) is 16.8 Å². The van der Waals surface area contributed by atoms with Gasteiger partial charge in [-0.05, 0) is 22.4 Å². The third-order valence-corrected chi connectivity index (χ3v) is 6.02. The molecule has 3 heterocycles. The van der Waals surface area contributed by atoms with E-state index in [9.17, 15) is 8.42 Å². The molecule has 1 aromatic heterocycles. The SMILES string of the molecule is CS(=O)(=O)N1CCO[C@H]2CN(Cc3ccsc3)C[C@H]2C1. The molecule has 7 heteroatoms. The van der Waals surface area contributed by atoms with Crippen LogP contribution in [0.1, 0.15) is 5.56 Å². The van der Waals surface area contributed by atoms with E-state index < -0.39 is 10.0 Å². The van der Waals surface area contributed by atoms with Gasteiger partial charge in [-0.3, -0.25) is 4.90 Å². The van der Waals surface area contributed by atoms with Crippen LogP contribution in [0.5, 0.6) is 0 Å². The van der Waals surface area contributed by atoms with Crippen molar-refractivity contribution in [1.82, 2.24) is 9.21 Å². The maximum atomic E-state index is 11.7. The summed E-state index contributed by atoms with van der Waals surface area (Å²) in [5, 5.41) is 4.25. The topological polar surface area (TPSA) is 49.9 Å². The van der Waals surface area contributed by atoms with E-state index in [1.807, 2.05) is 0 Å². The Morgan fingerprint density at radius 3 is 2.95 bits per heavy atom. The van der Waals surface area contributed by atoms with Gasteiger partial charge in [0.2, 0.25) is 10.0 Å². The Labute approximate surface area is 124 Å². The van der Waals surface area contributed by atoms with Crippen LogP contribution in [0.3, 0.4) is 0 Å². The largest absolute Gasteiger partial charge is 0.375 e. The first-order chi connectivity index (χ1) is 9.52. The summed E-state index contributed by atoms with van der Waals surface area (Å²) in [4.78, 5) is 2.36. The number of fused-ring (bicyclic) bond motifs is 1. The van der Waals surface area contributed by atoms with Crippen molar-refractivity contribution in [3.8, 4) is 0 Å². The highest BCUT2D eigenvalue weighted by Gasteiger charge is 2.38. The predicted octanol–water partition coefficient (Wildman–Crippen LogP) is 0.840. The zero-order valence-electron chi connectivity index (χ0n) is 11.6. The molecule has 0 bridgehead atoms. The summed E-state index contributed by atoms with van der Waals surface area (Å²) < 4.78 is 30.9. The summed E-state index contributed by atoms with van der Waals surface area (Å²) in [6.07, 6.45) is 1.45. The van der Waals surface area contributed by atoms with Crippen LogP contribution in [0, 0.1) is 5.92 Å². The van der Waals surface area contributed by atoms with Gasteiger partial charge in [-0.1, -0.05) is 0 Å². The predicted molar refractivity (Wildman–Crippen MR) is 79.2 cm³/mol.